The molecule has 0 spiro atoms. The van der Waals surface area contributed by atoms with Crippen molar-refractivity contribution in [2.45, 2.75) is 45.3 Å². The zero-order valence-electron chi connectivity index (χ0n) is 12.1. The van der Waals surface area contributed by atoms with Crippen LogP contribution < -0.4 is 15.2 Å². The van der Waals surface area contributed by atoms with E-state index in [1.54, 1.807) is 13.2 Å². The summed E-state index contributed by atoms with van der Waals surface area (Å²) in [7, 11) is 1.55. The van der Waals surface area contributed by atoms with E-state index < -0.39 is 6.10 Å². The van der Waals surface area contributed by atoms with Gasteiger partial charge >= 0.3 is 0 Å². The van der Waals surface area contributed by atoms with Crippen LogP contribution in [-0.4, -0.2) is 19.3 Å². The number of nitrogens with zero attached hydrogens (tertiary/aromatic N) is 1. The molecule has 2 N–H and O–H groups in total. The molecule has 0 fully saturated rings. The maximum atomic E-state index is 9.06. The van der Waals surface area contributed by atoms with Gasteiger partial charge in [-0.2, -0.15) is 5.26 Å². The lowest BCUT2D eigenvalue weighted by Gasteiger charge is -2.19. The molecule has 0 aliphatic carbocycles. The van der Waals surface area contributed by atoms with Gasteiger partial charge in [0.1, 0.15) is 6.07 Å². The standard InChI is InChI=1S/C15H21ClN2O2/c1-4-12(18)7-10-6-11(16)8-14(19-3)15(10)20-13(5-2)9-17/h6,8,12-13H,4-5,7,18H2,1-3H3. The molecule has 2 atom stereocenters. The monoisotopic (exact) mass is 296 g/mol. The van der Waals surface area contributed by atoms with Crippen LogP contribution in [0.25, 0.3) is 0 Å². The summed E-state index contributed by atoms with van der Waals surface area (Å²) in [5.41, 5.74) is 6.88. The van der Waals surface area contributed by atoms with E-state index in [0.717, 1.165) is 12.0 Å². The lowest BCUT2D eigenvalue weighted by molar-refractivity contribution is 0.236. The van der Waals surface area contributed by atoms with Crippen LogP contribution in [0.1, 0.15) is 32.3 Å². The third kappa shape index (κ3) is 4.29. The Kier molecular flexibility index (Phi) is 6.63. The number of rotatable bonds is 7. The van der Waals surface area contributed by atoms with Crippen molar-refractivity contribution in [3.63, 3.8) is 0 Å². The second-order valence-corrected chi connectivity index (χ2v) is 5.05. The SMILES string of the molecule is CCC(N)Cc1cc(Cl)cc(OC)c1OC(C#N)CC. The fourth-order valence-corrected chi connectivity index (χ4v) is 2.06. The highest BCUT2D eigenvalue weighted by Gasteiger charge is 2.18. The van der Waals surface area contributed by atoms with Crippen LogP contribution in [0.4, 0.5) is 0 Å². The minimum absolute atomic E-state index is 0.0164. The average Bonchev–Trinajstić information content (AvgIpc) is 2.45. The number of nitrogens with two attached hydrogens (primary N) is 1. The molecule has 0 bridgehead atoms. The van der Waals surface area contributed by atoms with Gasteiger partial charge in [0.05, 0.1) is 7.11 Å². The quantitative estimate of drug-likeness (QED) is 0.838. The molecule has 0 aliphatic heterocycles. The number of benzene rings is 1. The van der Waals surface area contributed by atoms with Gasteiger partial charge in [0.25, 0.3) is 0 Å². The number of hydrogen-bond donors (Lipinski definition) is 1. The topological polar surface area (TPSA) is 68.3 Å². The molecule has 0 amide bonds. The third-order valence-corrected chi connectivity index (χ3v) is 3.32. The summed E-state index contributed by atoms with van der Waals surface area (Å²) in [4.78, 5) is 0. The number of methoxy groups -OCH3 is 1. The van der Waals surface area contributed by atoms with Gasteiger partial charge in [-0.05, 0) is 25.3 Å². The first-order chi connectivity index (χ1) is 9.55. The smallest absolute Gasteiger partial charge is 0.184 e. The van der Waals surface area contributed by atoms with Gasteiger partial charge in [-0.1, -0.05) is 25.4 Å². The summed E-state index contributed by atoms with van der Waals surface area (Å²) >= 11 is 6.09. The van der Waals surface area contributed by atoms with Gasteiger partial charge in [-0.3, -0.25) is 0 Å². The minimum Gasteiger partial charge on any atom is -0.493 e. The number of hydrogen-bond acceptors (Lipinski definition) is 4. The highest BCUT2D eigenvalue weighted by atomic mass is 35.5. The molecule has 2 unspecified atom stereocenters. The first-order valence-electron chi connectivity index (χ1n) is 6.73. The molecule has 20 heavy (non-hydrogen) atoms. The van der Waals surface area contributed by atoms with Gasteiger partial charge in [0.15, 0.2) is 17.6 Å². The van der Waals surface area contributed by atoms with E-state index in [4.69, 9.17) is 32.1 Å². The number of nitriles is 1. The van der Waals surface area contributed by atoms with Gasteiger partial charge in [0.2, 0.25) is 0 Å². The number of ether oxygens (including phenoxy) is 2. The Labute approximate surface area is 125 Å². The van der Waals surface area contributed by atoms with Gasteiger partial charge < -0.3 is 15.2 Å². The van der Waals surface area contributed by atoms with Crippen molar-refractivity contribution in [2.75, 3.05) is 7.11 Å². The minimum atomic E-state index is -0.512. The van der Waals surface area contributed by atoms with Crippen molar-refractivity contribution in [1.82, 2.24) is 0 Å². The van der Waals surface area contributed by atoms with Crippen molar-refractivity contribution in [3.8, 4) is 17.6 Å². The Bertz CT molecular complexity index is 485. The van der Waals surface area contributed by atoms with Crippen molar-refractivity contribution in [1.29, 1.82) is 5.26 Å². The van der Waals surface area contributed by atoms with E-state index in [1.807, 2.05) is 19.9 Å². The normalized spacial score (nSPS) is 13.4. The van der Waals surface area contributed by atoms with E-state index in [2.05, 4.69) is 6.07 Å². The van der Waals surface area contributed by atoms with Gasteiger partial charge in [-0.25, -0.2) is 0 Å². The zero-order valence-corrected chi connectivity index (χ0v) is 12.9. The third-order valence-electron chi connectivity index (χ3n) is 3.10. The van der Waals surface area contributed by atoms with E-state index in [1.165, 1.54) is 0 Å². The predicted octanol–water partition coefficient (Wildman–Crippen LogP) is 3.31. The van der Waals surface area contributed by atoms with Crippen LogP contribution in [0.15, 0.2) is 12.1 Å². The molecule has 0 radical (unpaired) electrons. The van der Waals surface area contributed by atoms with Crippen LogP contribution >= 0.6 is 11.6 Å². The molecule has 1 aromatic carbocycles. The summed E-state index contributed by atoms with van der Waals surface area (Å²) in [5, 5.41) is 9.63. The first kappa shape index (κ1) is 16.6. The Morgan fingerprint density at radius 2 is 2.05 bits per heavy atom. The lowest BCUT2D eigenvalue weighted by atomic mass is 10.0. The lowest BCUT2D eigenvalue weighted by Crippen LogP contribution is -2.22. The van der Waals surface area contributed by atoms with Crippen LogP contribution in [0.2, 0.25) is 5.02 Å². The van der Waals surface area contributed by atoms with E-state index in [9.17, 15) is 0 Å². The van der Waals surface area contributed by atoms with E-state index in [0.29, 0.717) is 29.4 Å². The zero-order chi connectivity index (χ0) is 15.1. The largest absolute Gasteiger partial charge is 0.493 e. The summed E-state index contributed by atoms with van der Waals surface area (Å²) in [6.07, 6.45) is 1.57. The van der Waals surface area contributed by atoms with Crippen molar-refractivity contribution in [2.24, 2.45) is 5.73 Å². The molecular formula is C15H21ClN2O2. The van der Waals surface area contributed by atoms with E-state index >= 15 is 0 Å². The molecule has 4 nitrogen and oxygen atoms in total. The summed E-state index contributed by atoms with van der Waals surface area (Å²) in [6.45, 7) is 3.92. The Hall–Kier alpha value is -1.44. The Morgan fingerprint density at radius 3 is 2.55 bits per heavy atom. The van der Waals surface area contributed by atoms with Gasteiger partial charge in [0, 0.05) is 22.7 Å². The van der Waals surface area contributed by atoms with Crippen molar-refractivity contribution < 1.29 is 9.47 Å². The van der Waals surface area contributed by atoms with Crippen molar-refractivity contribution in [3.05, 3.63) is 22.7 Å². The Balaban J connectivity index is 3.18. The molecule has 110 valence electrons. The molecular weight excluding hydrogens is 276 g/mol. The average molecular weight is 297 g/mol. The van der Waals surface area contributed by atoms with Gasteiger partial charge in [-0.15, -0.1) is 0 Å². The number of halogens is 1. The molecule has 0 heterocycles. The highest BCUT2D eigenvalue weighted by Crippen LogP contribution is 2.36. The van der Waals surface area contributed by atoms with Crippen LogP contribution in [0, 0.1) is 11.3 Å². The molecule has 5 heteroatoms. The molecule has 0 saturated carbocycles. The summed E-state index contributed by atoms with van der Waals surface area (Å²) < 4.78 is 11.1. The molecule has 0 aliphatic rings. The Morgan fingerprint density at radius 1 is 1.35 bits per heavy atom. The summed E-state index contributed by atoms with van der Waals surface area (Å²) in [6, 6.07) is 5.64. The highest BCUT2D eigenvalue weighted by molar-refractivity contribution is 6.30. The second-order valence-electron chi connectivity index (χ2n) is 4.61. The molecule has 1 aromatic rings. The summed E-state index contributed by atoms with van der Waals surface area (Å²) in [5.74, 6) is 1.10. The van der Waals surface area contributed by atoms with Crippen LogP contribution in [-0.2, 0) is 6.42 Å². The maximum Gasteiger partial charge on any atom is 0.184 e. The van der Waals surface area contributed by atoms with Crippen molar-refractivity contribution >= 4 is 11.6 Å². The fraction of sp³-hybridized carbons (Fsp3) is 0.533. The predicted molar refractivity (Wildman–Crippen MR) is 80.3 cm³/mol. The van der Waals surface area contributed by atoms with Crippen LogP contribution in [0.3, 0.4) is 0 Å². The van der Waals surface area contributed by atoms with Crippen LogP contribution in [0.5, 0.6) is 11.5 Å². The molecule has 0 saturated heterocycles. The molecule has 0 aromatic heterocycles. The second kappa shape index (κ2) is 7.98. The maximum absolute atomic E-state index is 9.06. The van der Waals surface area contributed by atoms with E-state index in [-0.39, 0.29) is 6.04 Å². The first-order valence-corrected chi connectivity index (χ1v) is 7.11. The molecule has 1 rings (SSSR count). The fourth-order valence-electron chi connectivity index (χ4n) is 1.83.